The van der Waals surface area contributed by atoms with Gasteiger partial charge in [0.25, 0.3) is 5.91 Å². The van der Waals surface area contributed by atoms with Crippen LogP contribution in [0.4, 0.5) is 0 Å². The van der Waals surface area contributed by atoms with Crippen LogP contribution in [0.25, 0.3) is 10.8 Å². The van der Waals surface area contributed by atoms with Gasteiger partial charge in [0, 0.05) is 58.0 Å². The van der Waals surface area contributed by atoms with Crippen molar-refractivity contribution < 1.29 is 14.4 Å². The van der Waals surface area contributed by atoms with Crippen LogP contribution >= 0.6 is 0 Å². The average Bonchev–Trinajstić information content (AvgIpc) is 3.12. The topological polar surface area (TPSA) is 109 Å². The van der Waals surface area contributed by atoms with Gasteiger partial charge in [-0.15, -0.1) is 0 Å². The van der Waals surface area contributed by atoms with Crippen LogP contribution in [0.5, 0.6) is 0 Å². The predicted octanol–water partition coefficient (Wildman–Crippen LogP) is 4.81. The van der Waals surface area contributed by atoms with E-state index in [1.807, 2.05) is 84.9 Å². The van der Waals surface area contributed by atoms with Crippen molar-refractivity contribution in [3.8, 4) is 0 Å². The van der Waals surface area contributed by atoms with E-state index in [9.17, 15) is 14.4 Å². The molecule has 0 aliphatic carbocycles. The summed E-state index contributed by atoms with van der Waals surface area (Å²) < 4.78 is 0. The van der Waals surface area contributed by atoms with Crippen LogP contribution in [-0.2, 0) is 35.4 Å². The van der Waals surface area contributed by atoms with Gasteiger partial charge in [0.1, 0.15) is 12.1 Å². The normalized spacial score (nSPS) is 12.2. The zero-order valence-electron chi connectivity index (χ0n) is 26.9. The SMILES string of the molecule is CN(C(=O)c1cccc(CN)c1)[C@H](Cc1ccc2ccccc2c1)C(=O)N(C)[C@H](Cc1ccccc1)C(=O)NCCc1ccncc1. The fourth-order valence-corrected chi connectivity index (χ4v) is 5.78. The van der Waals surface area contributed by atoms with E-state index in [0.29, 0.717) is 31.5 Å². The van der Waals surface area contributed by atoms with E-state index >= 15 is 0 Å². The Morgan fingerprint density at radius 1 is 0.681 bits per heavy atom. The number of carbonyl (C=O) groups is 3. The van der Waals surface area contributed by atoms with Gasteiger partial charge >= 0.3 is 0 Å². The Morgan fingerprint density at radius 3 is 2.11 bits per heavy atom. The molecule has 0 aliphatic heterocycles. The summed E-state index contributed by atoms with van der Waals surface area (Å²) in [7, 11) is 3.30. The van der Waals surface area contributed by atoms with E-state index in [1.165, 1.54) is 9.80 Å². The third-order valence-electron chi connectivity index (χ3n) is 8.58. The minimum absolute atomic E-state index is 0.257. The molecule has 8 nitrogen and oxygen atoms in total. The number of nitrogens with zero attached hydrogens (tertiary/aromatic N) is 3. The van der Waals surface area contributed by atoms with Gasteiger partial charge in [0.2, 0.25) is 11.8 Å². The largest absolute Gasteiger partial charge is 0.354 e. The molecule has 47 heavy (non-hydrogen) atoms. The number of likely N-dealkylation sites (N-methyl/N-ethyl adjacent to an activating group) is 2. The highest BCUT2D eigenvalue weighted by Gasteiger charge is 2.35. The molecule has 0 saturated heterocycles. The average molecular weight is 628 g/mol. The minimum atomic E-state index is -0.877. The first kappa shape index (κ1) is 33.0. The molecule has 0 aliphatic rings. The molecule has 5 rings (SSSR count). The molecule has 1 heterocycles. The molecular weight excluding hydrogens is 586 g/mol. The highest BCUT2D eigenvalue weighted by atomic mass is 16.2. The lowest BCUT2D eigenvalue weighted by Gasteiger charge is -2.35. The monoisotopic (exact) mass is 627 g/mol. The summed E-state index contributed by atoms with van der Waals surface area (Å²) in [6.45, 7) is 0.705. The third kappa shape index (κ3) is 8.48. The van der Waals surface area contributed by atoms with Gasteiger partial charge in [-0.1, -0.05) is 84.9 Å². The van der Waals surface area contributed by atoms with Crippen molar-refractivity contribution in [2.45, 2.75) is 37.9 Å². The Kier molecular flexibility index (Phi) is 11.1. The number of hydrogen-bond acceptors (Lipinski definition) is 5. The number of carbonyl (C=O) groups excluding carboxylic acids is 3. The highest BCUT2D eigenvalue weighted by Crippen LogP contribution is 2.21. The van der Waals surface area contributed by atoms with Crippen molar-refractivity contribution in [2.24, 2.45) is 5.73 Å². The van der Waals surface area contributed by atoms with Crippen LogP contribution in [-0.4, -0.2) is 65.2 Å². The number of hydrogen-bond donors (Lipinski definition) is 2. The third-order valence-corrected chi connectivity index (χ3v) is 8.58. The summed E-state index contributed by atoms with van der Waals surface area (Å²) in [5.41, 5.74) is 10.0. The van der Waals surface area contributed by atoms with Crippen molar-refractivity contribution in [2.75, 3.05) is 20.6 Å². The Hall–Kier alpha value is -5.34. The molecule has 240 valence electrons. The van der Waals surface area contributed by atoms with E-state index < -0.39 is 12.1 Å². The molecule has 1 aromatic heterocycles. The summed E-state index contributed by atoms with van der Waals surface area (Å²) in [6, 6.07) is 33.0. The maximum absolute atomic E-state index is 14.6. The predicted molar refractivity (Wildman–Crippen MR) is 186 cm³/mol. The van der Waals surface area contributed by atoms with E-state index in [1.54, 1.807) is 44.7 Å². The molecular formula is C39H41N5O3. The van der Waals surface area contributed by atoms with Crippen molar-refractivity contribution in [1.82, 2.24) is 20.1 Å². The van der Waals surface area contributed by atoms with Gasteiger partial charge in [0.05, 0.1) is 0 Å². The van der Waals surface area contributed by atoms with Crippen LogP contribution in [0.2, 0.25) is 0 Å². The molecule has 4 aromatic carbocycles. The molecule has 2 atom stereocenters. The summed E-state index contributed by atoms with van der Waals surface area (Å²) >= 11 is 0. The highest BCUT2D eigenvalue weighted by molar-refractivity contribution is 5.98. The van der Waals surface area contributed by atoms with Crippen LogP contribution in [0.1, 0.15) is 32.6 Å². The van der Waals surface area contributed by atoms with Gasteiger partial charge in [-0.25, -0.2) is 0 Å². The lowest BCUT2D eigenvalue weighted by molar-refractivity contribution is -0.142. The second-order valence-electron chi connectivity index (χ2n) is 11.8. The van der Waals surface area contributed by atoms with E-state index in [0.717, 1.165) is 33.0 Å². The number of benzene rings is 4. The van der Waals surface area contributed by atoms with E-state index in [2.05, 4.69) is 16.4 Å². The summed E-state index contributed by atoms with van der Waals surface area (Å²) in [4.78, 5) is 49.3. The smallest absolute Gasteiger partial charge is 0.254 e. The van der Waals surface area contributed by atoms with Gasteiger partial charge < -0.3 is 20.9 Å². The molecule has 0 fully saturated rings. The first-order chi connectivity index (χ1) is 22.8. The van der Waals surface area contributed by atoms with Crippen molar-refractivity contribution in [3.63, 3.8) is 0 Å². The minimum Gasteiger partial charge on any atom is -0.354 e. The van der Waals surface area contributed by atoms with Crippen LogP contribution in [0.15, 0.2) is 122 Å². The zero-order valence-corrected chi connectivity index (χ0v) is 26.9. The Bertz CT molecular complexity index is 1810. The summed E-state index contributed by atoms with van der Waals surface area (Å²) in [6.07, 6.45) is 4.68. The van der Waals surface area contributed by atoms with Gasteiger partial charge in [-0.05, 0) is 63.7 Å². The van der Waals surface area contributed by atoms with Crippen molar-refractivity contribution in [1.29, 1.82) is 0 Å². The first-order valence-corrected chi connectivity index (χ1v) is 15.8. The number of nitrogens with one attached hydrogen (secondary N) is 1. The first-order valence-electron chi connectivity index (χ1n) is 15.8. The second kappa shape index (κ2) is 15.8. The Balaban J connectivity index is 1.44. The van der Waals surface area contributed by atoms with Crippen molar-refractivity contribution >= 4 is 28.5 Å². The quantitative estimate of drug-likeness (QED) is 0.195. The van der Waals surface area contributed by atoms with E-state index in [-0.39, 0.29) is 24.1 Å². The van der Waals surface area contributed by atoms with E-state index in [4.69, 9.17) is 5.73 Å². The molecule has 0 bridgehead atoms. The number of rotatable bonds is 13. The maximum atomic E-state index is 14.6. The lowest BCUT2D eigenvalue weighted by atomic mass is 9.98. The fourth-order valence-electron chi connectivity index (χ4n) is 5.78. The van der Waals surface area contributed by atoms with Crippen LogP contribution in [0, 0.1) is 0 Å². The fraction of sp³-hybridized carbons (Fsp3) is 0.231. The number of amides is 3. The lowest BCUT2D eigenvalue weighted by Crippen LogP contribution is -2.56. The number of fused-ring (bicyclic) bond motifs is 1. The molecule has 3 N–H and O–H groups in total. The summed E-state index contributed by atoms with van der Waals surface area (Å²) in [5, 5.41) is 5.18. The summed E-state index contributed by atoms with van der Waals surface area (Å²) in [5.74, 6) is -0.878. The van der Waals surface area contributed by atoms with Gasteiger partial charge in [-0.2, -0.15) is 0 Å². The molecule has 0 radical (unpaired) electrons. The van der Waals surface area contributed by atoms with Crippen molar-refractivity contribution in [3.05, 3.63) is 149 Å². The molecule has 5 aromatic rings. The maximum Gasteiger partial charge on any atom is 0.254 e. The van der Waals surface area contributed by atoms with Crippen LogP contribution < -0.4 is 11.1 Å². The standard InChI is InChI=1S/C39H41N5O3/c1-43(35(25-29-9-4-3-5-10-29)37(45)42-22-19-28-17-20-41-21-18-28)39(47)36(26-30-15-16-32-12-6-7-13-33(32)23-30)44(2)38(46)34-14-8-11-31(24-34)27-40/h3-18,20-21,23-24,35-36H,19,22,25-27,40H2,1-2H3,(H,42,45)/t35-,36-/m1/s1. The van der Waals surface area contributed by atoms with Gasteiger partial charge in [0.15, 0.2) is 0 Å². The second-order valence-corrected chi connectivity index (χ2v) is 11.8. The van der Waals surface area contributed by atoms with Crippen LogP contribution in [0.3, 0.4) is 0 Å². The number of pyridine rings is 1. The Labute approximate surface area is 276 Å². The molecule has 8 heteroatoms. The molecule has 3 amide bonds. The molecule has 0 unspecified atom stereocenters. The molecule has 0 saturated carbocycles. The molecule has 0 spiro atoms. The van der Waals surface area contributed by atoms with Gasteiger partial charge in [-0.3, -0.25) is 19.4 Å². The zero-order chi connectivity index (χ0) is 33.2. The number of aromatic nitrogens is 1. The Morgan fingerprint density at radius 2 is 1.36 bits per heavy atom. The number of nitrogens with two attached hydrogens (primary N) is 1.